The SMILES string of the molecule is Cc1ccccc1C(=O)NCCN1C(=O)C(=Cc2ccc3c(c2)OCO3)SC1=S. The summed E-state index contributed by atoms with van der Waals surface area (Å²) in [4.78, 5) is 27.1. The van der Waals surface area contributed by atoms with Gasteiger partial charge in [-0.25, -0.2) is 0 Å². The van der Waals surface area contributed by atoms with E-state index in [0.717, 1.165) is 11.1 Å². The van der Waals surface area contributed by atoms with Crippen molar-refractivity contribution < 1.29 is 19.1 Å². The molecule has 0 radical (unpaired) electrons. The lowest BCUT2D eigenvalue weighted by Crippen LogP contribution is -2.37. The number of thiocarbonyl (C=S) groups is 1. The van der Waals surface area contributed by atoms with E-state index in [1.165, 1.54) is 16.7 Å². The van der Waals surface area contributed by atoms with Crippen LogP contribution >= 0.6 is 24.0 Å². The maximum atomic E-state index is 12.7. The van der Waals surface area contributed by atoms with Crippen molar-refractivity contribution >= 4 is 46.2 Å². The largest absolute Gasteiger partial charge is 0.454 e. The molecular weight excluding hydrogens is 408 g/mol. The minimum atomic E-state index is -0.164. The summed E-state index contributed by atoms with van der Waals surface area (Å²) >= 11 is 6.61. The Bertz CT molecular complexity index is 1040. The molecule has 0 atom stereocenters. The fraction of sp³-hybridized carbons (Fsp3) is 0.190. The third-order valence-corrected chi connectivity index (χ3v) is 5.96. The summed E-state index contributed by atoms with van der Waals surface area (Å²) in [6.07, 6.45) is 1.78. The lowest BCUT2D eigenvalue weighted by atomic mass is 10.1. The van der Waals surface area contributed by atoms with Gasteiger partial charge in [0.05, 0.1) is 4.91 Å². The molecule has 1 fully saturated rings. The Balaban J connectivity index is 1.38. The number of nitrogens with one attached hydrogen (secondary N) is 1. The number of aryl methyl sites for hydroxylation is 1. The molecule has 0 aromatic heterocycles. The summed E-state index contributed by atoms with van der Waals surface area (Å²) in [5.41, 5.74) is 2.37. The van der Waals surface area contributed by atoms with E-state index in [1.54, 1.807) is 12.1 Å². The summed E-state index contributed by atoms with van der Waals surface area (Å²) in [7, 11) is 0. The molecule has 1 N–H and O–H groups in total. The van der Waals surface area contributed by atoms with Gasteiger partial charge in [0, 0.05) is 18.7 Å². The highest BCUT2D eigenvalue weighted by Crippen LogP contribution is 2.36. The van der Waals surface area contributed by atoms with Crippen LogP contribution < -0.4 is 14.8 Å². The Morgan fingerprint density at radius 2 is 2.03 bits per heavy atom. The van der Waals surface area contributed by atoms with Gasteiger partial charge in [0.15, 0.2) is 11.5 Å². The maximum absolute atomic E-state index is 12.7. The second-order valence-corrected chi connectivity index (χ2v) is 8.19. The molecule has 0 aliphatic carbocycles. The molecule has 0 unspecified atom stereocenters. The van der Waals surface area contributed by atoms with Crippen LogP contribution in [0.3, 0.4) is 0 Å². The van der Waals surface area contributed by atoms with Gasteiger partial charge < -0.3 is 14.8 Å². The molecule has 2 aliphatic heterocycles. The smallest absolute Gasteiger partial charge is 0.266 e. The molecule has 148 valence electrons. The van der Waals surface area contributed by atoms with Crippen LogP contribution in [0.25, 0.3) is 6.08 Å². The Labute approximate surface area is 177 Å². The van der Waals surface area contributed by atoms with E-state index >= 15 is 0 Å². The number of ether oxygens (including phenoxy) is 2. The fourth-order valence-corrected chi connectivity index (χ4v) is 4.36. The van der Waals surface area contributed by atoms with Crippen LogP contribution in [0, 0.1) is 6.92 Å². The van der Waals surface area contributed by atoms with E-state index in [9.17, 15) is 9.59 Å². The molecule has 2 aliphatic rings. The number of thioether (sulfide) groups is 1. The number of fused-ring (bicyclic) bond motifs is 1. The third-order valence-electron chi connectivity index (χ3n) is 4.58. The summed E-state index contributed by atoms with van der Waals surface area (Å²) in [5, 5.41) is 2.85. The lowest BCUT2D eigenvalue weighted by Gasteiger charge is -2.15. The van der Waals surface area contributed by atoms with E-state index in [1.807, 2.05) is 43.3 Å². The lowest BCUT2D eigenvalue weighted by molar-refractivity contribution is -0.122. The molecule has 4 rings (SSSR count). The molecule has 8 heteroatoms. The highest BCUT2D eigenvalue weighted by Gasteiger charge is 2.31. The normalized spacial score (nSPS) is 16.6. The molecule has 2 aromatic carbocycles. The van der Waals surface area contributed by atoms with Crippen LogP contribution in [0.5, 0.6) is 11.5 Å². The van der Waals surface area contributed by atoms with Crippen LogP contribution in [0.2, 0.25) is 0 Å². The topological polar surface area (TPSA) is 67.9 Å². The highest BCUT2D eigenvalue weighted by molar-refractivity contribution is 8.26. The first kappa shape index (κ1) is 19.5. The molecule has 0 spiro atoms. The minimum Gasteiger partial charge on any atom is -0.454 e. The van der Waals surface area contributed by atoms with Crippen molar-refractivity contribution in [2.24, 2.45) is 0 Å². The Hall–Kier alpha value is -2.84. The molecule has 1 saturated heterocycles. The Kier molecular flexibility index (Phi) is 5.55. The highest BCUT2D eigenvalue weighted by atomic mass is 32.2. The zero-order chi connectivity index (χ0) is 20.4. The number of nitrogens with zero attached hydrogens (tertiary/aromatic N) is 1. The number of hydrogen-bond acceptors (Lipinski definition) is 6. The van der Waals surface area contributed by atoms with Crippen LogP contribution in [-0.4, -0.2) is 40.9 Å². The van der Waals surface area contributed by atoms with Crippen LogP contribution in [-0.2, 0) is 4.79 Å². The van der Waals surface area contributed by atoms with Crippen molar-refractivity contribution in [3.8, 4) is 11.5 Å². The number of amides is 2. The molecule has 29 heavy (non-hydrogen) atoms. The van der Waals surface area contributed by atoms with Gasteiger partial charge in [0.1, 0.15) is 4.32 Å². The first-order valence-corrected chi connectivity index (χ1v) is 10.2. The van der Waals surface area contributed by atoms with Crippen LogP contribution in [0.4, 0.5) is 0 Å². The second kappa shape index (κ2) is 8.26. The van der Waals surface area contributed by atoms with E-state index in [4.69, 9.17) is 21.7 Å². The standard InChI is InChI=1S/C21H18N2O4S2/c1-13-4-2-3-5-15(13)19(24)22-8-9-23-20(25)18(29-21(23)28)11-14-6-7-16-17(10-14)27-12-26-16/h2-7,10-11H,8-9,12H2,1H3,(H,22,24). The minimum absolute atomic E-state index is 0.163. The van der Waals surface area contributed by atoms with Gasteiger partial charge in [-0.2, -0.15) is 0 Å². The van der Waals surface area contributed by atoms with Gasteiger partial charge in [-0.05, 0) is 42.3 Å². The molecule has 0 bridgehead atoms. The number of rotatable bonds is 5. The molecule has 0 saturated carbocycles. The summed E-state index contributed by atoms with van der Waals surface area (Å²) in [5.74, 6) is 1.03. The number of benzene rings is 2. The number of carbonyl (C=O) groups excluding carboxylic acids is 2. The monoisotopic (exact) mass is 426 g/mol. The number of carbonyl (C=O) groups is 2. The fourth-order valence-electron chi connectivity index (χ4n) is 3.05. The maximum Gasteiger partial charge on any atom is 0.266 e. The van der Waals surface area contributed by atoms with E-state index in [-0.39, 0.29) is 18.6 Å². The van der Waals surface area contributed by atoms with Gasteiger partial charge in [-0.3, -0.25) is 14.5 Å². The third kappa shape index (κ3) is 4.13. The van der Waals surface area contributed by atoms with Gasteiger partial charge in [0.25, 0.3) is 11.8 Å². The van der Waals surface area contributed by atoms with Gasteiger partial charge in [-0.1, -0.05) is 48.2 Å². The average Bonchev–Trinajstić information content (AvgIpc) is 3.27. The van der Waals surface area contributed by atoms with E-state index in [0.29, 0.717) is 39.4 Å². The van der Waals surface area contributed by atoms with E-state index in [2.05, 4.69) is 5.32 Å². The molecule has 2 heterocycles. The quantitative estimate of drug-likeness (QED) is 0.584. The molecule has 6 nitrogen and oxygen atoms in total. The van der Waals surface area contributed by atoms with Crippen molar-refractivity contribution in [1.82, 2.24) is 10.2 Å². The van der Waals surface area contributed by atoms with Crippen molar-refractivity contribution in [1.29, 1.82) is 0 Å². The summed E-state index contributed by atoms with van der Waals surface area (Å²) < 4.78 is 11.2. The number of hydrogen-bond donors (Lipinski definition) is 1. The second-order valence-electron chi connectivity index (χ2n) is 6.52. The van der Waals surface area contributed by atoms with Crippen molar-refractivity contribution in [2.75, 3.05) is 19.9 Å². The van der Waals surface area contributed by atoms with Crippen LogP contribution in [0.15, 0.2) is 47.4 Å². The zero-order valence-corrected chi connectivity index (χ0v) is 17.3. The van der Waals surface area contributed by atoms with Crippen molar-refractivity contribution in [3.63, 3.8) is 0 Å². The summed E-state index contributed by atoms with van der Waals surface area (Å²) in [6, 6.07) is 12.9. The molecular formula is C21H18N2O4S2. The molecule has 2 aromatic rings. The Morgan fingerprint density at radius 1 is 1.24 bits per heavy atom. The van der Waals surface area contributed by atoms with E-state index < -0.39 is 0 Å². The molecule has 2 amide bonds. The van der Waals surface area contributed by atoms with Crippen molar-refractivity contribution in [2.45, 2.75) is 6.92 Å². The summed E-state index contributed by atoms with van der Waals surface area (Å²) in [6.45, 7) is 2.73. The van der Waals surface area contributed by atoms with Gasteiger partial charge in [-0.15, -0.1) is 0 Å². The van der Waals surface area contributed by atoms with Crippen LogP contribution in [0.1, 0.15) is 21.5 Å². The average molecular weight is 427 g/mol. The van der Waals surface area contributed by atoms with Crippen molar-refractivity contribution in [3.05, 3.63) is 64.1 Å². The Morgan fingerprint density at radius 3 is 2.86 bits per heavy atom. The zero-order valence-electron chi connectivity index (χ0n) is 15.6. The predicted molar refractivity (Wildman–Crippen MR) is 116 cm³/mol. The first-order valence-electron chi connectivity index (χ1n) is 9.02. The van der Waals surface area contributed by atoms with Gasteiger partial charge >= 0.3 is 0 Å². The first-order chi connectivity index (χ1) is 14.0. The van der Waals surface area contributed by atoms with Gasteiger partial charge in [0.2, 0.25) is 6.79 Å². The predicted octanol–water partition coefficient (Wildman–Crippen LogP) is 3.35.